The van der Waals surface area contributed by atoms with Crippen LogP contribution in [-0.2, 0) is 27.2 Å². The van der Waals surface area contributed by atoms with Gasteiger partial charge in [-0.05, 0) is 44.2 Å². The Morgan fingerprint density at radius 1 is 0.957 bits per heavy atom. The van der Waals surface area contributed by atoms with E-state index < -0.39 is 41.9 Å². The predicted octanol–water partition coefficient (Wildman–Crippen LogP) is 4.24. The summed E-state index contributed by atoms with van der Waals surface area (Å²) < 4.78 is 10.2. The van der Waals surface area contributed by atoms with Crippen molar-refractivity contribution in [3.63, 3.8) is 0 Å². The summed E-state index contributed by atoms with van der Waals surface area (Å²) >= 11 is 0. The molecule has 0 bridgehead atoms. The van der Waals surface area contributed by atoms with E-state index in [0.29, 0.717) is 12.8 Å². The molecular formula is C34H46N6O6. The van der Waals surface area contributed by atoms with Gasteiger partial charge in [0.15, 0.2) is 0 Å². The number of rotatable bonds is 14. The Balaban J connectivity index is 1.86. The van der Waals surface area contributed by atoms with Crippen molar-refractivity contribution in [2.45, 2.75) is 77.8 Å². The molecule has 2 aromatic carbocycles. The first-order valence-corrected chi connectivity index (χ1v) is 15.3. The average Bonchev–Trinajstić information content (AvgIpc) is 3.03. The van der Waals surface area contributed by atoms with E-state index in [9.17, 15) is 19.5 Å². The molecule has 248 valence electrons. The van der Waals surface area contributed by atoms with Crippen LogP contribution in [0.25, 0.3) is 11.3 Å². The Bertz CT molecular complexity index is 1380. The molecule has 12 nitrogen and oxygen atoms in total. The van der Waals surface area contributed by atoms with E-state index in [1.807, 2.05) is 68.4 Å². The minimum absolute atomic E-state index is 0.0542. The number of alkyl carbamates (subject to hydrolysis) is 1. The molecule has 3 rings (SSSR count). The van der Waals surface area contributed by atoms with E-state index in [1.54, 1.807) is 44.4 Å². The number of hydrogen-bond donors (Lipinski definition) is 4. The Hall–Kier alpha value is -4.55. The van der Waals surface area contributed by atoms with Crippen molar-refractivity contribution in [3.8, 4) is 11.3 Å². The van der Waals surface area contributed by atoms with Crippen molar-refractivity contribution in [1.29, 1.82) is 0 Å². The number of benzene rings is 2. The fourth-order valence-corrected chi connectivity index (χ4v) is 4.69. The number of aromatic nitrogens is 2. The molecule has 0 radical (unpaired) electrons. The molecule has 4 N–H and O–H groups in total. The highest BCUT2D eigenvalue weighted by Crippen LogP contribution is 2.18. The van der Waals surface area contributed by atoms with E-state index in [4.69, 9.17) is 9.47 Å². The lowest BCUT2D eigenvalue weighted by Gasteiger charge is -2.32. The van der Waals surface area contributed by atoms with Crippen LogP contribution >= 0.6 is 0 Å². The standard InChI is InChI=1S/C34H46N6O6/c1-7-23(2)30(38-32(43)45-6)31(42)37-27(19-24-11-9-8-10-12-24)29(41)22-40(39-33(44)46-34(3,4)5)21-25-13-15-26(16-14-25)28-20-35-17-18-36-28/h8-18,20,23,27,29-30,41H,7,19,21-22H2,1-6H3,(H,37,42)(H,38,43)(H,39,44)/t23-,27?,29?,30-/m0/s1. The highest BCUT2D eigenvalue weighted by molar-refractivity contribution is 5.86. The number of aliphatic hydroxyl groups excluding tert-OH is 1. The van der Waals surface area contributed by atoms with Crippen LogP contribution in [0, 0.1) is 5.92 Å². The highest BCUT2D eigenvalue weighted by Gasteiger charge is 2.31. The molecule has 4 atom stereocenters. The van der Waals surface area contributed by atoms with Crippen LogP contribution in [0.4, 0.5) is 9.59 Å². The van der Waals surface area contributed by atoms with E-state index >= 15 is 0 Å². The third kappa shape index (κ3) is 11.8. The van der Waals surface area contributed by atoms with Crippen LogP contribution in [0.2, 0.25) is 0 Å². The number of carbonyl (C=O) groups is 3. The number of hydrazine groups is 1. The molecule has 0 aliphatic rings. The number of ether oxygens (including phenoxy) is 2. The normalized spacial score (nSPS) is 14.0. The van der Waals surface area contributed by atoms with Crippen LogP contribution in [0.15, 0.2) is 73.2 Å². The van der Waals surface area contributed by atoms with Gasteiger partial charge in [-0.2, -0.15) is 0 Å². The number of nitrogens with one attached hydrogen (secondary N) is 3. The molecule has 12 heteroatoms. The maximum atomic E-state index is 13.6. The van der Waals surface area contributed by atoms with Gasteiger partial charge in [0.25, 0.3) is 0 Å². The third-order valence-corrected chi connectivity index (χ3v) is 7.29. The lowest BCUT2D eigenvalue weighted by Crippen LogP contribution is -2.57. The average molecular weight is 635 g/mol. The smallest absolute Gasteiger partial charge is 0.422 e. The van der Waals surface area contributed by atoms with Gasteiger partial charge in [-0.3, -0.25) is 20.2 Å². The number of hydrogen-bond acceptors (Lipinski definition) is 9. The summed E-state index contributed by atoms with van der Waals surface area (Å²) in [6.45, 7) is 9.23. The Morgan fingerprint density at radius 3 is 2.24 bits per heavy atom. The Labute approximate surface area is 270 Å². The van der Waals surface area contributed by atoms with Crippen molar-refractivity contribution in [2.75, 3.05) is 13.7 Å². The molecule has 0 fully saturated rings. The van der Waals surface area contributed by atoms with Crippen molar-refractivity contribution < 1.29 is 29.0 Å². The number of nitrogens with zero attached hydrogens (tertiary/aromatic N) is 3. The predicted molar refractivity (Wildman–Crippen MR) is 174 cm³/mol. The van der Waals surface area contributed by atoms with E-state index in [0.717, 1.165) is 22.4 Å². The molecule has 0 aliphatic carbocycles. The first-order valence-electron chi connectivity index (χ1n) is 15.3. The quantitative estimate of drug-likeness (QED) is 0.191. The molecule has 46 heavy (non-hydrogen) atoms. The van der Waals surface area contributed by atoms with Gasteiger partial charge in [0.2, 0.25) is 5.91 Å². The molecule has 3 amide bonds. The maximum absolute atomic E-state index is 13.6. The second-order valence-corrected chi connectivity index (χ2v) is 12.2. The summed E-state index contributed by atoms with van der Waals surface area (Å²) in [7, 11) is 1.23. The lowest BCUT2D eigenvalue weighted by atomic mass is 9.96. The number of amides is 3. The fourth-order valence-electron chi connectivity index (χ4n) is 4.69. The van der Waals surface area contributed by atoms with Crippen molar-refractivity contribution in [3.05, 3.63) is 84.3 Å². The third-order valence-electron chi connectivity index (χ3n) is 7.29. The number of carbonyl (C=O) groups excluding carboxylic acids is 3. The van der Waals surface area contributed by atoms with Crippen molar-refractivity contribution in [1.82, 2.24) is 31.0 Å². The minimum Gasteiger partial charge on any atom is -0.453 e. The second-order valence-electron chi connectivity index (χ2n) is 12.2. The van der Waals surface area contributed by atoms with Gasteiger partial charge in [0.1, 0.15) is 11.6 Å². The zero-order chi connectivity index (χ0) is 33.7. The molecule has 3 aromatic rings. The first-order chi connectivity index (χ1) is 21.9. The Kier molecular flexibility index (Phi) is 13.5. The molecule has 1 aromatic heterocycles. The van der Waals surface area contributed by atoms with Gasteiger partial charge in [-0.25, -0.2) is 14.6 Å². The van der Waals surface area contributed by atoms with Crippen LogP contribution in [0.1, 0.15) is 52.2 Å². The van der Waals surface area contributed by atoms with Crippen LogP contribution < -0.4 is 16.1 Å². The molecule has 0 spiro atoms. The van der Waals surface area contributed by atoms with Crippen LogP contribution in [-0.4, -0.2) is 75.6 Å². The lowest BCUT2D eigenvalue weighted by molar-refractivity contribution is -0.126. The van der Waals surface area contributed by atoms with E-state index in [-0.39, 0.29) is 19.0 Å². The van der Waals surface area contributed by atoms with Gasteiger partial charge in [0, 0.05) is 31.0 Å². The molecule has 1 heterocycles. The maximum Gasteiger partial charge on any atom is 0.422 e. The van der Waals surface area contributed by atoms with Crippen LogP contribution in [0.5, 0.6) is 0 Å². The topological polar surface area (TPSA) is 155 Å². The van der Waals surface area contributed by atoms with E-state index in [1.165, 1.54) is 7.11 Å². The molecule has 0 saturated carbocycles. The van der Waals surface area contributed by atoms with E-state index in [2.05, 4.69) is 26.0 Å². The second kappa shape index (κ2) is 17.2. The summed E-state index contributed by atoms with van der Waals surface area (Å²) in [4.78, 5) is 46.9. The highest BCUT2D eigenvalue weighted by atomic mass is 16.6. The van der Waals surface area contributed by atoms with Crippen molar-refractivity contribution >= 4 is 18.1 Å². The first kappa shape index (κ1) is 35.9. The number of methoxy groups -OCH3 is 1. The summed E-state index contributed by atoms with van der Waals surface area (Å²) in [5, 5.41) is 18.8. The van der Waals surface area contributed by atoms with Gasteiger partial charge in [0.05, 0.1) is 31.1 Å². The van der Waals surface area contributed by atoms with Gasteiger partial charge in [-0.15, -0.1) is 0 Å². The summed E-state index contributed by atoms with van der Waals surface area (Å²) in [6.07, 6.45) is 3.28. The zero-order valence-electron chi connectivity index (χ0n) is 27.4. The zero-order valence-corrected chi connectivity index (χ0v) is 27.4. The van der Waals surface area contributed by atoms with Crippen LogP contribution in [0.3, 0.4) is 0 Å². The minimum atomic E-state index is -1.14. The largest absolute Gasteiger partial charge is 0.453 e. The van der Waals surface area contributed by atoms with Gasteiger partial charge < -0.3 is 25.2 Å². The van der Waals surface area contributed by atoms with Crippen molar-refractivity contribution in [2.24, 2.45) is 5.92 Å². The summed E-state index contributed by atoms with van der Waals surface area (Å²) in [5.74, 6) is -0.658. The fraction of sp³-hybridized carbons (Fsp3) is 0.441. The van der Waals surface area contributed by atoms with Gasteiger partial charge in [-0.1, -0.05) is 74.9 Å². The summed E-state index contributed by atoms with van der Waals surface area (Å²) in [5.41, 5.74) is 5.36. The molecule has 2 unspecified atom stereocenters. The monoisotopic (exact) mass is 634 g/mol. The molecular weight excluding hydrogens is 588 g/mol. The van der Waals surface area contributed by atoms with Gasteiger partial charge >= 0.3 is 12.2 Å². The number of aliphatic hydroxyl groups is 1. The SMILES string of the molecule is CC[C@H](C)[C@H](NC(=O)OC)C(=O)NC(Cc1ccccc1)C(O)CN(Cc1ccc(-c2cnccn2)cc1)NC(=O)OC(C)(C)C. The summed E-state index contributed by atoms with van der Waals surface area (Å²) in [6, 6.07) is 15.4. The molecule has 0 aliphatic heterocycles. The molecule has 0 saturated heterocycles. The Morgan fingerprint density at radius 2 is 1.65 bits per heavy atom.